The van der Waals surface area contributed by atoms with Gasteiger partial charge in [-0.15, -0.1) is 0 Å². The van der Waals surface area contributed by atoms with Crippen molar-refractivity contribution in [3.63, 3.8) is 0 Å². The third-order valence-corrected chi connectivity index (χ3v) is 8.14. The normalized spacial score (nSPS) is 17.0. The number of hydrogen-bond donors (Lipinski definition) is 1. The number of aromatic nitrogens is 2. The van der Waals surface area contributed by atoms with E-state index in [1.54, 1.807) is 6.07 Å². The highest BCUT2D eigenvalue weighted by molar-refractivity contribution is 5.92. The van der Waals surface area contributed by atoms with Crippen LogP contribution in [0.3, 0.4) is 0 Å². The van der Waals surface area contributed by atoms with Gasteiger partial charge < -0.3 is 9.84 Å². The largest absolute Gasteiger partial charge is 0.480 e. The highest BCUT2D eigenvalue weighted by Crippen LogP contribution is 2.42. The summed E-state index contributed by atoms with van der Waals surface area (Å²) in [4.78, 5) is 10.8. The number of carbonyl (C=O) groups is 1. The molecule has 1 aliphatic carbocycles. The van der Waals surface area contributed by atoms with Gasteiger partial charge in [0.05, 0.1) is 12.3 Å². The predicted molar refractivity (Wildman–Crippen MR) is 161 cm³/mol. The molecule has 214 valence electrons. The predicted octanol–water partition coefficient (Wildman–Crippen LogP) is 8.19. The summed E-state index contributed by atoms with van der Waals surface area (Å²) in [6.07, 6.45) is 6.16. The highest BCUT2D eigenvalue weighted by Gasteiger charge is 2.27. The number of aryl methyl sites for hydroxylation is 2. The van der Waals surface area contributed by atoms with E-state index in [4.69, 9.17) is 14.9 Å². The van der Waals surface area contributed by atoms with Crippen LogP contribution in [0.15, 0.2) is 72.8 Å². The first-order chi connectivity index (χ1) is 19.9. The van der Waals surface area contributed by atoms with Crippen molar-refractivity contribution in [2.45, 2.75) is 58.9 Å². The highest BCUT2D eigenvalue weighted by atomic mass is 19.1. The zero-order valence-corrected chi connectivity index (χ0v) is 24.0. The standard InChI is InChI=1S/C35H39FN2O3/c1-3-7-25-15-17-29(18-16-25)35-33(28-8-5-4-6-9-28)34(30-19-10-24(2)20-31(30)36)37-38(35)21-26-11-13-27(14-12-26)22-41-23-32(39)40/h4-6,8-10,15-20,26-27H,3,7,11-14,21-23H2,1-2H3,(H,39,40). The van der Waals surface area contributed by atoms with E-state index in [0.29, 0.717) is 29.7 Å². The number of benzene rings is 3. The Bertz CT molecular complexity index is 1460. The zero-order valence-electron chi connectivity index (χ0n) is 24.0. The molecule has 1 N–H and O–H groups in total. The van der Waals surface area contributed by atoms with Gasteiger partial charge in [0.1, 0.15) is 18.1 Å². The number of nitrogens with zero attached hydrogens (tertiary/aromatic N) is 2. The lowest BCUT2D eigenvalue weighted by Crippen LogP contribution is -2.23. The van der Waals surface area contributed by atoms with Gasteiger partial charge in [-0.25, -0.2) is 9.18 Å². The summed E-state index contributed by atoms with van der Waals surface area (Å²) in [6, 6.07) is 24.3. The first-order valence-corrected chi connectivity index (χ1v) is 14.7. The molecule has 41 heavy (non-hydrogen) atoms. The van der Waals surface area contributed by atoms with Gasteiger partial charge in [0.25, 0.3) is 0 Å². The molecule has 0 atom stereocenters. The van der Waals surface area contributed by atoms with Gasteiger partial charge in [0.15, 0.2) is 0 Å². The second-order valence-electron chi connectivity index (χ2n) is 11.3. The number of ether oxygens (including phenoxy) is 1. The van der Waals surface area contributed by atoms with Gasteiger partial charge in [-0.2, -0.15) is 5.10 Å². The minimum absolute atomic E-state index is 0.242. The van der Waals surface area contributed by atoms with Crippen molar-refractivity contribution >= 4 is 5.97 Å². The Morgan fingerprint density at radius 3 is 2.34 bits per heavy atom. The average Bonchev–Trinajstić information content (AvgIpc) is 3.33. The number of aliphatic carboxylic acids is 1. The molecule has 6 heteroatoms. The van der Waals surface area contributed by atoms with Crippen molar-refractivity contribution < 1.29 is 19.0 Å². The average molecular weight is 555 g/mol. The fourth-order valence-electron chi connectivity index (χ4n) is 6.02. The van der Waals surface area contributed by atoms with Crippen LogP contribution in [0.5, 0.6) is 0 Å². The molecule has 1 fully saturated rings. The molecule has 5 rings (SSSR count). The molecule has 4 aromatic rings. The molecule has 1 saturated carbocycles. The number of carboxylic acids is 1. The molecule has 0 amide bonds. The first-order valence-electron chi connectivity index (χ1n) is 14.7. The lowest BCUT2D eigenvalue weighted by molar-refractivity contribution is -0.142. The molecule has 5 nitrogen and oxygen atoms in total. The maximum Gasteiger partial charge on any atom is 0.329 e. The summed E-state index contributed by atoms with van der Waals surface area (Å²) in [5.74, 6) is -0.393. The maximum absolute atomic E-state index is 15.5. The monoisotopic (exact) mass is 554 g/mol. The Morgan fingerprint density at radius 1 is 0.976 bits per heavy atom. The van der Waals surface area contributed by atoms with Crippen molar-refractivity contribution in [3.05, 3.63) is 89.7 Å². The maximum atomic E-state index is 15.5. The molecule has 0 unspecified atom stereocenters. The Hall–Kier alpha value is -3.77. The third kappa shape index (κ3) is 6.94. The van der Waals surface area contributed by atoms with E-state index in [1.807, 2.05) is 37.3 Å². The van der Waals surface area contributed by atoms with E-state index in [2.05, 4.69) is 48.0 Å². The van der Waals surface area contributed by atoms with E-state index in [0.717, 1.165) is 73.0 Å². The Labute approximate surface area is 242 Å². The van der Waals surface area contributed by atoms with E-state index >= 15 is 4.39 Å². The quantitative estimate of drug-likeness (QED) is 0.203. The molecule has 1 aromatic heterocycles. The number of carboxylic acid groups (broad SMARTS) is 1. The number of halogens is 1. The van der Waals surface area contributed by atoms with Crippen LogP contribution in [-0.2, 0) is 22.5 Å². The minimum Gasteiger partial charge on any atom is -0.480 e. The smallest absolute Gasteiger partial charge is 0.329 e. The minimum atomic E-state index is -0.928. The summed E-state index contributed by atoms with van der Waals surface area (Å²) in [5, 5.41) is 14.0. The van der Waals surface area contributed by atoms with Gasteiger partial charge in [0.2, 0.25) is 0 Å². The topological polar surface area (TPSA) is 64.4 Å². The van der Waals surface area contributed by atoms with Crippen molar-refractivity contribution in [2.75, 3.05) is 13.2 Å². The molecule has 1 aliphatic rings. The summed E-state index contributed by atoms with van der Waals surface area (Å²) in [6.45, 7) is 5.07. The molecule has 1 heterocycles. The van der Waals surface area contributed by atoms with Crippen molar-refractivity contribution in [3.8, 4) is 33.6 Å². The zero-order chi connectivity index (χ0) is 28.8. The summed E-state index contributed by atoms with van der Waals surface area (Å²) in [5.41, 5.74) is 7.41. The van der Waals surface area contributed by atoms with E-state index in [1.165, 1.54) is 5.56 Å². The van der Waals surface area contributed by atoms with Crippen LogP contribution in [0, 0.1) is 24.6 Å². The first kappa shape index (κ1) is 28.7. The molecule has 0 aliphatic heterocycles. The molecular formula is C35H39FN2O3. The van der Waals surface area contributed by atoms with Crippen LogP contribution in [0.2, 0.25) is 0 Å². The fourth-order valence-corrected chi connectivity index (χ4v) is 6.02. The van der Waals surface area contributed by atoms with Crippen molar-refractivity contribution in [1.82, 2.24) is 9.78 Å². The second-order valence-corrected chi connectivity index (χ2v) is 11.3. The van der Waals surface area contributed by atoms with Gasteiger partial charge in [-0.3, -0.25) is 4.68 Å². The van der Waals surface area contributed by atoms with Crippen LogP contribution < -0.4 is 0 Å². The van der Waals surface area contributed by atoms with Crippen LogP contribution in [0.1, 0.15) is 50.2 Å². The van der Waals surface area contributed by atoms with E-state index in [-0.39, 0.29) is 12.4 Å². The third-order valence-electron chi connectivity index (χ3n) is 8.14. The molecule has 0 radical (unpaired) electrons. The van der Waals surface area contributed by atoms with Gasteiger partial charge >= 0.3 is 5.97 Å². The van der Waals surface area contributed by atoms with E-state index in [9.17, 15) is 4.79 Å². The molecular weight excluding hydrogens is 515 g/mol. The lowest BCUT2D eigenvalue weighted by atomic mass is 9.82. The Morgan fingerprint density at radius 2 is 1.68 bits per heavy atom. The van der Waals surface area contributed by atoms with Gasteiger partial charge in [-0.05, 0) is 79.7 Å². The Balaban J connectivity index is 1.54. The van der Waals surface area contributed by atoms with Crippen molar-refractivity contribution in [2.24, 2.45) is 11.8 Å². The molecule has 0 spiro atoms. The second kappa shape index (κ2) is 13.3. The number of rotatable bonds is 11. The van der Waals surface area contributed by atoms with Gasteiger partial charge in [0, 0.05) is 23.2 Å². The van der Waals surface area contributed by atoms with Gasteiger partial charge in [-0.1, -0.05) is 74.0 Å². The van der Waals surface area contributed by atoms with Crippen LogP contribution in [0.4, 0.5) is 4.39 Å². The van der Waals surface area contributed by atoms with E-state index < -0.39 is 5.97 Å². The molecule has 3 aromatic carbocycles. The molecule has 0 bridgehead atoms. The van der Waals surface area contributed by atoms with Crippen molar-refractivity contribution in [1.29, 1.82) is 0 Å². The summed E-state index contributed by atoms with van der Waals surface area (Å²) < 4.78 is 23.0. The van der Waals surface area contributed by atoms with Crippen LogP contribution >= 0.6 is 0 Å². The number of hydrogen-bond acceptors (Lipinski definition) is 3. The fraction of sp³-hybridized carbons (Fsp3) is 0.371. The lowest BCUT2D eigenvalue weighted by Gasteiger charge is -2.28. The van der Waals surface area contributed by atoms with Crippen LogP contribution in [-0.4, -0.2) is 34.1 Å². The summed E-state index contributed by atoms with van der Waals surface area (Å²) >= 11 is 0. The van der Waals surface area contributed by atoms with Crippen LogP contribution in [0.25, 0.3) is 33.6 Å². The SMILES string of the molecule is CCCc1ccc(-c2c(-c3ccccc3)c(-c3ccc(C)cc3F)nn2CC2CCC(COCC(=O)O)CC2)cc1. The molecule has 0 saturated heterocycles. The summed E-state index contributed by atoms with van der Waals surface area (Å²) in [7, 11) is 0. The Kier molecular flexibility index (Phi) is 9.30.